The van der Waals surface area contributed by atoms with Crippen LogP contribution in [0.3, 0.4) is 0 Å². The molecule has 1 aromatic carbocycles. The van der Waals surface area contributed by atoms with Gasteiger partial charge in [0.1, 0.15) is 18.0 Å². The number of sulfone groups is 1. The minimum atomic E-state index is -2.94. The number of hydrogen-bond acceptors (Lipinski definition) is 6. The highest BCUT2D eigenvalue weighted by atomic mass is 35.5. The van der Waals surface area contributed by atoms with Gasteiger partial charge in [-0.05, 0) is 38.0 Å². The Labute approximate surface area is 153 Å². The van der Waals surface area contributed by atoms with Crippen molar-refractivity contribution in [2.45, 2.75) is 26.3 Å². The quantitative estimate of drug-likeness (QED) is 0.858. The predicted molar refractivity (Wildman–Crippen MR) is 102 cm³/mol. The monoisotopic (exact) mass is 380 g/mol. The van der Waals surface area contributed by atoms with Crippen LogP contribution in [0.2, 0.25) is 5.02 Å². The van der Waals surface area contributed by atoms with E-state index in [-0.39, 0.29) is 17.5 Å². The topological polar surface area (TPSA) is 75.2 Å². The molecule has 0 spiro atoms. The van der Waals surface area contributed by atoms with Crippen LogP contribution in [0.5, 0.6) is 0 Å². The van der Waals surface area contributed by atoms with Crippen molar-refractivity contribution in [2.75, 3.05) is 28.3 Å². The Balaban J connectivity index is 1.84. The molecule has 1 atom stereocenters. The molecule has 8 heteroatoms. The summed E-state index contributed by atoms with van der Waals surface area (Å²) in [4.78, 5) is 10.6. The minimum Gasteiger partial charge on any atom is -0.353 e. The summed E-state index contributed by atoms with van der Waals surface area (Å²) < 4.78 is 23.6. The van der Waals surface area contributed by atoms with Crippen LogP contribution in [0, 0.1) is 6.92 Å². The summed E-state index contributed by atoms with van der Waals surface area (Å²) in [6.07, 6.45) is 2.12. The molecule has 2 heterocycles. The molecule has 1 fully saturated rings. The molecule has 0 aliphatic carbocycles. The second kappa shape index (κ2) is 7.17. The Hall–Kier alpha value is -1.86. The van der Waals surface area contributed by atoms with Gasteiger partial charge in [0.05, 0.1) is 11.5 Å². The van der Waals surface area contributed by atoms with Crippen LogP contribution in [0.25, 0.3) is 0 Å². The van der Waals surface area contributed by atoms with Crippen molar-refractivity contribution in [1.82, 2.24) is 9.97 Å². The molecule has 0 bridgehead atoms. The first-order valence-electron chi connectivity index (χ1n) is 8.21. The minimum absolute atomic E-state index is 0.0364. The molecule has 2 aromatic rings. The zero-order valence-corrected chi connectivity index (χ0v) is 15.8. The largest absolute Gasteiger partial charge is 0.353 e. The smallest absolute Gasteiger partial charge is 0.152 e. The first kappa shape index (κ1) is 17.9. The SMILES string of the molecule is CCN(c1cc(Nc2cccc(Cl)c2C)ncn1)C1CCS(=O)(=O)C1. The number of nitrogens with zero attached hydrogens (tertiary/aromatic N) is 3. The van der Waals surface area contributed by atoms with E-state index in [2.05, 4.69) is 15.3 Å². The van der Waals surface area contributed by atoms with Crippen LogP contribution in [0.4, 0.5) is 17.3 Å². The molecule has 1 aromatic heterocycles. The fourth-order valence-corrected chi connectivity index (χ4v) is 4.99. The molecule has 1 unspecified atom stereocenters. The predicted octanol–water partition coefficient (Wildman–Crippen LogP) is 3.20. The van der Waals surface area contributed by atoms with Gasteiger partial charge >= 0.3 is 0 Å². The van der Waals surface area contributed by atoms with Crippen molar-refractivity contribution >= 4 is 38.8 Å². The molecule has 134 valence electrons. The van der Waals surface area contributed by atoms with Crippen molar-refractivity contribution in [3.63, 3.8) is 0 Å². The van der Waals surface area contributed by atoms with E-state index < -0.39 is 9.84 Å². The van der Waals surface area contributed by atoms with Crippen LogP contribution in [-0.2, 0) is 9.84 Å². The Morgan fingerprint density at radius 1 is 1.36 bits per heavy atom. The van der Waals surface area contributed by atoms with Crippen LogP contribution in [0.15, 0.2) is 30.6 Å². The van der Waals surface area contributed by atoms with Crippen LogP contribution in [-0.4, -0.2) is 42.5 Å². The van der Waals surface area contributed by atoms with Gasteiger partial charge in [-0.25, -0.2) is 18.4 Å². The third-order valence-corrected chi connectivity index (χ3v) is 6.63. The Morgan fingerprint density at radius 2 is 2.16 bits per heavy atom. The van der Waals surface area contributed by atoms with Gasteiger partial charge in [0.15, 0.2) is 9.84 Å². The van der Waals surface area contributed by atoms with E-state index in [1.54, 1.807) is 0 Å². The van der Waals surface area contributed by atoms with Crippen molar-refractivity contribution < 1.29 is 8.42 Å². The average molecular weight is 381 g/mol. The Bertz CT molecular complexity index is 873. The van der Waals surface area contributed by atoms with E-state index in [1.165, 1.54) is 6.33 Å². The van der Waals surface area contributed by atoms with Gasteiger partial charge in [-0.3, -0.25) is 0 Å². The van der Waals surface area contributed by atoms with Crippen molar-refractivity contribution in [3.8, 4) is 0 Å². The zero-order chi connectivity index (χ0) is 18.0. The number of nitrogens with one attached hydrogen (secondary N) is 1. The highest BCUT2D eigenvalue weighted by Crippen LogP contribution is 2.28. The van der Waals surface area contributed by atoms with Crippen molar-refractivity contribution in [3.05, 3.63) is 41.2 Å². The second-order valence-corrected chi connectivity index (χ2v) is 8.78. The molecule has 0 radical (unpaired) electrons. The third-order valence-electron chi connectivity index (χ3n) is 4.47. The summed E-state index contributed by atoms with van der Waals surface area (Å²) >= 11 is 6.16. The fourth-order valence-electron chi connectivity index (χ4n) is 3.08. The van der Waals surface area contributed by atoms with Gasteiger partial charge in [-0.1, -0.05) is 17.7 Å². The number of anilines is 3. The lowest BCUT2D eigenvalue weighted by atomic mass is 10.2. The van der Waals surface area contributed by atoms with Gasteiger partial charge in [0, 0.05) is 29.4 Å². The molecule has 1 saturated heterocycles. The van der Waals surface area contributed by atoms with E-state index >= 15 is 0 Å². The number of benzene rings is 1. The lowest BCUT2D eigenvalue weighted by Gasteiger charge is -2.28. The first-order chi connectivity index (χ1) is 11.9. The molecule has 3 rings (SSSR count). The maximum atomic E-state index is 11.8. The molecule has 0 amide bonds. The van der Waals surface area contributed by atoms with E-state index in [1.807, 2.05) is 43.0 Å². The summed E-state index contributed by atoms with van der Waals surface area (Å²) in [5, 5.41) is 3.94. The number of halogens is 1. The molecule has 1 N–H and O–H groups in total. The van der Waals surface area contributed by atoms with E-state index in [4.69, 9.17) is 11.6 Å². The van der Waals surface area contributed by atoms with Crippen LogP contribution in [0.1, 0.15) is 18.9 Å². The van der Waals surface area contributed by atoms with Crippen molar-refractivity contribution in [2.24, 2.45) is 0 Å². The lowest BCUT2D eigenvalue weighted by molar-refractivity contribution is 0.599. The zero-order valence-electron chi connectivity index (χ0n) is 14.2. The third kappa shape index (κ3) is 4.04. The summed E-state index contributed by atoms with van der Waals surface area (Å²) in [6.45, 7) is 4.63. The molecule has 25 heavy (non-hydrogen) atoms. The van der Waals surface area contributed by atoms with Gasteiger partial charge in [0.25, 0.3) is 0 Å². The van der Waals surface area contributed by atoms with E-state index in [9.17, 15) is 8.42 Å². The Kier molecular flexibility index (Phi) is 5.15. The van der Waals surface area contributed by atoms with Gasteiger partial charge < -0.3 is 10.2 Å². The summed E-state index contributed by atoms with van der Waals surface area (Å²) in [6, 6.07) is 7.46. The standard InChI is InChI=1S/C17H21ClN4O2S/c1-3-22(13-7-8-25(23,24)10-13)17-9-16(19-11-20-17)21-15-6-4-5-14(18)12(15)2/h4-6,9,11,13H,3,7-8,10H2,1-2H3,(H,19,20,21). The molecule has 1 aliphatic rings. The number of rotatable bonds is 5. The number of hydrogen-bond donors (Lipinski definition) is 1. The first-order valence-corrected chi connectivity index (χ1v) is 10.4. The van der Waals surface area contributed by atoms with E-state index in [0.29, 0.717) is 23.8 Å². The van der Waals surface area contributed by atoms with Gasteiger partial charge in [0.2, 0.25) is 0 Å². The summed E-state index contributed by atoms with van der Waals surface area (Å²) in [5.41, 5.74) is 1.82. The lowest BCUT2D eigenvalue weighted by Crippen LogP contribution is -2.36. The second-order valence-electron chi connectivity index (χ2n) is 6.14. The highest BCUT2D eigenvalue weighted by molar-refractivity contribution is 7.91. The Morgan fingerprint density at radius 3 is 2.84 bits per heavy atom. The summed E-state index contributed by atoms with van der Waals surface area (Å²) in [7, 11) is -2.94. The number of aromatic nitrogens is 2. The van der Waals surface area contributed by atoms with Gasteiger partial charge in [-0.15, -0.1) is 0 Å². The molecular formula is C17H21ClN4O2S. The molecule has 1 aliphatic heterocycles. The molecule has 0 saturated carbocycles. The van der Waals surface area contributed by atoms with Crippen LogP contribution >= 0.6 is 11.6 Å². The average Bonchev–Trinajstić information content (AvgIpc) is 2.93. The fraction of sp³-hybridized carbons (Fsp3) is 0.412. The maximum Gasteiger partial charge on any atom is 0.152 e. The highest BCUT2D eigenvalue weighted by Gasteiger charge is 2.32. The van der Waals surface area contributed by atoms with Gasteiger partial charge in [-0.2, -0.15) is 0 Å². The molecular weight excluding hydrogens is 360 g/mol. The summed E-state index contributed by atoms with van der Waals surface area (Å²) in [5.74, 6) is 1.80. The van der Waals surface area contributed by atoms with Crippen LogP contribution < -0.4 is 10.2 Å². The van der Waals surface area contributed by atoms with Crippen molar-refractivity contribution in [1.29, 1.82) is 0 Å². The maximum absolute atomic E-state index is 11.8. The van der Waals surface area contributed by atoms with E-state index in [0.717, 1.165) is 17.1 Å². The normalized spacial score (nSPS) is 18.9. The molecule has 6 nitrogen and oxygen atoms in total.